The normalized spacial score (nSPS) is 21.1. The molecule has 1 aliphatic carbocycles. The summed E-state index contributed by atoms with van der Waals surface area (Å²) < 4.78 is 0. The van der Waals surface area contributed by atoms with E-state index in [1.807, 2.05) is 0 Å². The van der Waals surface area contributed by atoms with Crippen LogP contribution < -0.4 is 0 Å². The van der Waals surface area contributed by atoms with Gasteiger partial charge in [0.2, 0.25) is 0 Å². The molecule has 0 radical (unpaired) electrons. The van der Waals surface area contributed by atoms with Gasteiger partial charge in [0, 0.05) is 10.8 Å². The van der Waals surface area contributed by atoms with Gasteiger partial charge in [-0.15, -0.1) is 0 Å². The van der Waals surface area contributed by atoms with Crippen LogP contribution in [0.3, 0.4) is 0 Å². The maximum atomic E-state index is 12.8. The Morgan fingerprint density at radius 1 is 0.641 bits per heavy atom. The molecule has 1 unspecified atom stereocenters. The summed E-state index contributed by atoms with van der Waals surface area (Å²) in [6.45, 7) is 41.0. The van der Waals surface area contributed by atoms with Gasteiger partial charge in [0.15, 0.2) is 0 Å². The lowest BCUT2D eigenvalue weighted by atomic mass is 9.37. The molecule has 2 nitrogen and oxygen atoms in total. The minimum Gasteiger partial charge on any atom is -0.507 e. The van der Waals surface area contributed by atoms with Gasteiger partial charge in [-0.2, -0.15) is 0 Å². The van der Waals surface area contributed by atoms with Gasteiger partial charge in [-0.3, -0.25) is 0 Å². The van der Waals surface area contributed by atoms with Gasteiger partial charge in [0.1, 0.15) is 5.75 Å². The molecule has 0 aliphatic heterocycles. The molecule has 0 bridgehead atoms. The first-order valence-electron chi connectivity index (χ1n) is 15.2. The summed E-state index contributed by atoms with van der Waals surface area (Å²) in [7, 11) is 0. The second-order valence-electron chi connectivity index (χ2n) is 18.9. The Bertz CT molecular complexity index is 1010. The van der Waals surface area contributed by atoms with Crippen LogP contribution in [0.5, 0.6) is 5.75 Å². The van der Waals surface area contributed by atoms with Crippen molar-refractivity contribution < 1.29 is 10.2 Å². The number of hydrogen-bond acceptors (Lipinski definition) is 2. The third-order valence-electron chi connectivity index (χ3n) is 10.2. The zero-order chi connectivity index (χ0) is 31.0. The van der Waals surface area contributed by atoms with E-state index in [-0.39, 0.29) is 37.9 Å². The van der Waals surface area contributed by atoms with E-state index >= 15 is 0 Å². The molecule has 0 aromatic heterocycles. The molecule has 2 heteroatoms. The Morgan fingerprint density at radius 3 is 1.28 bits per heavy atom. The highest BCUT2D eigenvalue weighted by molar-refractivity contribution is 5.51. The van der Waals surface area contributed by atoms with Gasteiger partial charge in [-0.1, -0.05) is 148 Å². The van der Waals surface area contributed by atoms with Crippen molar-refractivity contribution in [2.75, 3.05) is 0 Å². The minimum atomic E-state index is -0.510. The Hall–Kier alpha value is -1.28. The van der Waals surface area contributed by atoms with Crippen LogP contribution in [0.15, 0.2) is 23.8 Å². The van der Waals surface area contributed by atoms with E-state index in [0.717, 1.165) is 24.0 Å². The molecule has 0 fully saturated rings. The monoisotopic (exact) mass is 540 g/mol. The smallest absolute Gasteiger partial charge is 0.123 e. The van der Waals surface area contributed by atoms with Crippen LogP contribution in [0, 0.1) is 32.5 Å². The van der Waals surface area contributed by atoms with Crippen molar-refractivity contribution in [2.24, 2.45) is 32.5 Å². The fourth-order valence-corrected chi connectivity index (χ4v) is 8.46. The number of allylic oxidation sites excluding steroid dienone is 1. The Balaban J connectivity index is 3.02. The Labute approximate surface area is 243 Å². The molecule has 0 spiro atoms. The average molecular weight is 541 g/mol. The van der Waals surface area contributed by atoms with Crippen LogP contribution in [0.25, 0.3) is 0 Å². The van der Waals surface area contributed by atoms with Crippen molar-refractivity contribution in [3.63, 3.8) is 0 Å². The molecule has 0 saturated heterocycles. The van der Waals surface area contributed by atoms with E-state index < -0.39 is 11.5 Å². The lowest BCUT2D eigenvalue weighted by Gasteiger charge is -2.68. The van der Waals surface area contributed by atoms with Crippen LogP contribution in [-0.4, -0.2) is 16.3 Å². The van der Waals surface area contributed by atoms with Crippen molar-refractivity contribution in [2.45, 2.75) is 154 Å². The average Bonchev–Trinajstić information content (AvgIpc) is 2.64. The predicted octanol–water partition coefficient (Wildman–Crippen LogP) is 10.4. The summed E-state index contributed by atoms with van der Waals surface area (Å²) in [5.41, 5.74) is 2.96. The second-order valence-corrected chi connectivity index (χ2v) is 18.9. The third kappa shape index (κ3) is 5.62. The highest BCUT2D eigenvalue weighted by atomic mass is 16.3. The molecule has 2 rings (SSSR count). The molecule has 0 saturated carbocycles. The largest absolute Gasteiger partial charge is 0.507 e. The van der Waals surface area contributed by atoms with Crippen LogP contribution in [0.2, 0.25) is 0 Å². The van der Waals surface area contributed by atoms with Crippen molar-refractivity contribution in [3.05, 3.63) is 40.5 Å². The molecule has 39 heavy (non-hydrogen) atoms. The lowest BCUT2D eigenvalue weighted by molar-refractivity contribution is -0.223. The molecule has 0 heterocycles. The molecule has 2 N–H and O–H groups in total. The van der Waals surface area contributed by atoms with Gasteiger partial charge in [0.05, 0.1) is 6.10 Å². The SMILES string of the molecule is CC(C)(C)c1cc(CC2=CC(C(C)(C)C)(C(C)(C)C)C(O)C(C(C)(C)C)(C(C)(C)C)C2)cc(C(C)(C)C)c1O. The zero-order valence-corrected chi connectivity index (χ0v) is 29.1. The van der Waals surface area contributed by atoms with Gasteiger partial charge < -0.3 is 10.2 Å². The number of aromatic hydroxyl groups is 1. The summed E-state index contributed by atoms with van der Waals surface area (Å²) >= 11 is 0. The summed E-state index contributed by atoms with van der Waals surface area (Å²) in [6.07, 6.45) is 3.66. The zero-order valence-electron chi connectivity index (χ0n) is 29.1. The molecular formula is C37H64O2. The van der Waals surface area contributed by atoms with E-state index in [2.05, 4.69) is 143 Å². The summed E-state index contributed by atoms with van der Waals surface area (Å²) in [6, 6.07) is 4.48. The standard InChI is InChI=1S/C37H64O2/c1-30(2,3)26-20-24(21-27(28(26)38)31(4,5)6)19-25-22-36(32(7,8)9,33(10,11)12)29(39)37(23-25,34(13,14)15)35(16,17)18/h20-22,29,38-39H,19,23H2,1-18H3. The predicted molar refractivity (Wildman–Crippen MR) is 171 cm³/mol. The first-order valence-corrected chi connectivity index (χ1v) is 15.2. The number of rotatable bonds is 2. The fourth-order valence-electron chi connectivity index (χ4n) is 8.46. The van der Waals surface area contributed by atoms with Crippen LogP contribution in [0.4, 0.5) is 0 Å². The summed E-state index contributed by atoms with van der Waals surface area (Å²) in [5.74, 6) is 0.434. The number of hydrogen-bond donors (Lipinski definition) is 2. The minimum absolute atomic E-state index is 0.131. The van der Waals surface area contributed by atoms with Crippen LogP contribution in [-0.2, 0) is 17.3 Å². The number of aliphatic hydroxyl groups excluding tert-OH is 1. The van der Waals surface area contributed by atoms with E-state index in [9.17, 15) is 10.2 Å². The molecule has 0 amide bonds. The maximum Gasteiger partial charge on any atom is 0.123 e. The van der Waals surface area contributed by atoms with Crippen molar-refractivity contribution in [1.29, 1.82) is 0 Å². The van der Waals surface area contributed by atoms with Crippen molar-refractivity contribution in [3.8, 4) is 5.75 Å². The summed E-state index contributed by atoms with van der Waals surface area (Å²) in [4.78, 5) is 0. The maximum absolute atomic E-state index is 12.8. The molecule has 1 atom stereocenters. The topological polar surface area (TPSA) is 40.5 Å². The molecule has 1 aromatic rings. The van der Waals surface area contributed by atoms with E-state index in [1.54, 1.807) is 0 Å². The van der Waals surface area contributed by atoms with Crippen molar-refractivity contribution in [1.82, 2.24) is 0 Å². The number of benzene rings is 1. The van der Waals surface area contributed by atoms with E-state index in [1.165, 1.54) is 11.1 Å². The van der Waals surface area contributed by atoms with Crippen molar-refractivity contribution >= 4 is 0 Å². The number of phenolic OH excluding ortho intramolecular Hbond substituents is 1. The third-order valence-corrected chi connectivity index (χ3v) is 10.2. The fraction of sp³-hybridized carbons (Fsp3) is 0.784. The number of phenols is 1. The van der Waals surface area contributed by atoms with Gasteiger partial charge >= 0.3 is 0 Å². The van der Waals surface area contributed by atoms with Crippen LogP contribution in [0.1, 0.15) is 148 Å². The van der Waals surface area contributed by atoms with Gasteiger partial charge in [-0.25, -0.2) is 0 Å². The quantitative estimate of drug-likeness (QED) is 0.366. The van der Waals surface area contributed by atoms with Gasteiger partial charge in [-0.05, 0) is 62.0 Å². The Morgan fingerprint density at radius 2 is 1.00 bits per heavy atom. The van der Waals surface area contributed by atoms with Gasteiger partial charge in [0.25, 0.3) is 0 Å². The van der Waals surface area contributed by atoms with Crippen LogP contribution >= 0.6 is 0 Å². The highest BCUT2D eigenvalue weighted by Gasteiger charge is 2.67. The molecule has 1 aromatic carbocycles. The lowest BCUT2D eigenvalue weighted by Crippen LogP contribution is -2.67. The summed E-state index contributed by atoms with van der Waals surface area (Å²) in [5, 5.41) is 24.2. The molecular weight excluding hydrogens is 476 g/mol. The number of aliphatic hydroxyl groups is 1. The first-order chi connectivity index (χ1) is 16.9. The highest BCUT2D eigenvalue weighted by Crippen LogP contribution is 2.69. The van der Waals surface area contributed by atoms with E-state index in [4.69, 9.17) is 0 Å². The second kappa shape index (κ2) is 9.64. The molecule has 224 valence electrons. The Kier molecular flexibility index (Phi) is 8.38. The first kappa shape index (κ1) is 33.9. The molecule has 1 aliphatic rings. The van der Waals surface area contributed by atoms with E-state index in [0.29, 0.717) is 5.75 Å².